The summed E-state index contributed by atoms with van der Waals surface area (Å²) in [5.74, 6) is 0. The van der Waals surface area contributed by atoms with Crippen molar-refractivity contribution in [2.24, 2.45) is 4.99 Å². The van der Waals surface area contributed by atoms with Crippen LogP contribution in [0, 0.1) is 0 Å². The van der Waals surface area contributed by atoms with Crippen LogP contribution < -0.4 is 0 Å². The molecule has 0 saturated heterocycles. The number of hydrogen-bond acceptors (Lipinski definition) is 2. The van der Waals surface area contributed by atoms with Crippen molar-refractivity contribution in [1.82, 2.24) is 0 Å². The van der Waals surface area contributed by atoms with Crippen LogP contribution in [0.4, 0.5) is 5.69 Å². The molecule has 0 bridgehead atoms. The highest BCUT2D eigenvalue weighted by atomic mass is 32.1. The Morgan fingerprint density at radius 3 is 2.20 bits per heavy atom. The zero-order chi connectivity index (χ0) is 21.0. The molecule has 30 heavy (non-hydrogen) atoms. The van der Waals surface area contributed by atoms with Crippen LogP contribution in [0.15, 0.2) is 77.8 Å². The third kappa shape index (κ3) is 6.76. The maximum atomic E-state index is 4.69. The zero-order valence-electron chi connectivity index (χ0n) is 17.9. The molecule has 0 amide bonds. The van der Waals surface area contributed by atoms with Crippen molar-refractivity contribution in [1.29, 1.82) is 0 Å². The highest BCUT2D eigenvalue weighted by Crippen LogP contribution is 2.27. The number of unbranched alkanes of at least 4 members (excludes halogenated alkanes) is 4. The smallest absolute Gasteiger partial charge is 0.0739 e. The summed E-state index contributed by atoms with van der Waals surface area (Å²) in [5.41, 5.74) is 7.74. The number of rotatable bonds is 11. The van der Waals surface area contributed by atoms with Gasteiger partial charge in [-0.05, 0) is 77.9 Å². The molecule has 3 aromatic carbocycles. The quantitative estimate of drug-likeness (QED) is 0.175. The highest BCUT2D eigenvalue weighted by Gasteiger charge is 2.08. The van der Waals surface area contributed by atoms with E-state index in [1.54, 1.807) is 0 Å². The molecule has 0 spiro atoms. The van der Waals surface area contributed by atoms with Crippen LogP contribution in [0.5, 0.6) is 0 Å². The predicted molar refractivity (Wildman–Crippen MR) is 133 cm³/mol. The molecule has 0 N–H and O–H groups in total. The average molecular weight is 414 g/mol. The molecule has 0 aliphatic rings. The van der Waals surface area contributed by atoms with Crippen LogP contribution in [0.3, 0.4) is 0 Å². The van der Waals surface area contributed by atoms with E-state index < -0.39 is 0 Å². The molecule has 3 aromatic rings. The number of thiocarbonyl (C=S) groups is 1. The zero-order valence-corrected chi connectivity index (χ0v) is 18.8. The number of nitrogens with zero attached hydrogens (tertiary/aromatic N) is 1. The monoisotopic (exact) mass is 413 g/mol. The van der Waals surface area contributed by atoms with Gasteiger partial charge in [0.2, 0.25) is 0 Å². The fourth-order valence-corrected chi connectivity index (χ4v) is 4.02. The second-order valence-electron chi connectivity index (χ2n) is 7.89. The van der Waals surface area contributed by atoms with Crippen LogP contribution >= 0.6 is 12.2 Å². The van der Waals surface area contributed by atoms with E-state index in [2.05, 4.69) is 90.0 Å². The molecule has 2 heteroatoms. The molecule has 0 unspecified atom stereocenters. The lowest BCUT2D eigenvalue weighted by Crippen LogP contribution is -1.97. The third-order valence-corrected chi connectivity index (χ3v) is 5.71. The van der Waals surface area contributed by atoms with E-state index in [4.69, 9.17) is 0 Å². The molecule has 0 aliphatic heterocycles. The molecular weight excluding hydrogens is 382 g/mol. The molecule has 1 nitrogen and oxygen atoms in total. The number of aryl methyl sites for hydroxylation is 3. The van der Waals surface area contributed by atoms with Crippen molar-refractivity contribution in [2.75, 3.05) is 0 Å². The minimum Gasteiger partial charge on any atom is -0.195 e. The Labute approximate surface area is 186 Å². The first-order valence-corrected chi connectivity index (χ1v) is 11.5. The van der Waals surface area contributed by atoms with Gasteiger partial charge in [-0.25, -0.2) is 0 Å². The first-order valence-electron chi connectivity index (χ1n) is 11.1. The van der Waals surface area contributed by atoms with Crippen LogP contribution in [0.25, 0.3) is 11.1 Å². The van der Waals surface area contributed by atoms with Gasteiger partial charge in [0.1, 0.15) is 0 Å². The third-order valence-electron chi connectivity index (χ3n) is 5.62. The second kappa shape index (κ2) is 12.2. The van der Waals surface area contributed by atoms with Gasteiger partial charge in [0, 0.05) is 0 Å². The van der Waals surface area contributed by atoms with Crippen LogP contribution in [0.1, 0.15) is 55.7 Å². The first kappa shape index (κ1) is 22.2. The van der Waals surface area contributed by atoms with Gasteiger partial charge >= 0.3 is 0 Å². The molecular formula is C28H31NS. The Kier molecular flexibility index (Phi) is 9.03. The normalized spacial score (nSPS) is 10.6. The molecule has 0 aliphatic carbocycles. The summed E-state index contributed by atoms with van der Waals surface area (Å²) in [7, 11) is 0. The van der Waals surface area contributed by atoms with E-state index in [9.17, 15) is 0 Å². The van der Waals surface area contributed by atoms with Gasteiger partial charge in [0.25, 0.3) is 0 Å². The number of isothiocyanates is 1. The SMILES string of the molecule is CCCCCCCc1ccc(-c2ccccc2)c(CCc2ccc(N=C=S)cc2)c1. The van der Waals surface area contributed by atoms with Gasteiger partial charge in [-0.15, -0.1) is 0 Å². The van der Waals surface area contributed by atoms with Crippen molar-refractivity contribution >= 4 is 23.1 Å². The van der Waals surface area contributed by atoms with Gasteiger partial charge in [-0.3, -0.25) is 0 Å². The van der Waals surface area contributed by atoms with Gasteiger partial charge in [-0.2, -0.15) is 4.99 Å². The predicted octanol–water partition coefficient (Wildman–Crippen LogP) is 8.39. The van der Waals surface area contributed by atoms with E-state index in [-0.39, 0.29) is 0 Å². The van der Waals surface area contributed by atoms with Gasteiger partial charge in [0.05, 0.1) is 10.8 Å². The summed E-state index contributed by atoms with van der Waals surface area (Å²) < 4.78 is 0. The topological polar surface area (TPSA) is 12.4 Å². The number of aliphatic imine (C=N–C) groups is 1. The molecule has 0 aromatic heterocycles. The van der Waals surface area contributed by atoms with Gasteiger partial charge in [-0.1, -0.05) is 93.3 Å². The Morgan fingerprint density at radius 1 is 0.733 bits per heavy atom. The molecule has 0 saturated carbocycles. The lowest BCUT2D eigenvalue weighted by molar-refractivity contribution is 0.632. The minimum absolute atomic E-state index is 0.865. The van der Waals surface area contributed by atoms with E-state index >= 15 is 0 Å². The summed E-state index contributed by atoms with van der Waals surface area (Å²) in [6.45, 7) is 2.27. The van der Waals surface area contributed by atoms with E-state index in [0.717, 1.165) is 18.5 Å². The minimum atomic E-state index is 0.865. The van der Waals surface area contributed by atoms with Gasteiger partial charge in [0.15, 0.2) is 0 Å². The maximum Gasteiger partial charge on any atom is 0.0739 e. The van der Waals surface area contributed by atoms with Crippen LogP contribution in [-0.2, 0) is 19.3 Å². The van der Waals surface area contributed by atoms with Gasteiger partial charge < -0.3 is 0 Å². The van der Waals surface area contributed by atoms with E-state index in [1.807, 2.05) is 12.1 Å². The van der Waals surface area contributed by atoms with Crippen LogP contribution in [-0.4, -0.2) is 5.16 Å². The van der Waals surface area contributed by atoms with Crippen LogP contribution in [0.2, 0.25) is 0 Å². The van der Waals surface area contributed by atoms with Crippen molar-refractivity contribution in [3.63, 3.8) is 0 Å². The highest BCUT2D eigenvalue weighted by molar-refractivity contribution is 7.78. The standard InChI is InChI=1S/C28H31NS/c1-2-3-4-5-7-10-24-16-20-28(25-11-8-6-9-12-25)26(21-24)17-13-23-14-18-27(19-15-23)29-22-30/h6,8-9,11-12,14-16,18-21H,2-5,7,10,13,17H2,1H3. The number of hydrogen-bond donors (Lipinski definition) is 0. The molecule has 154 valence electrons. The summed E-state index contributed by atoms with van der Waals surface area (Å²) in [6, 6.07) is 26.1. The Morgan fingerprint density at radius 2 is 1.47 bits per heavy atom. The summed E-state index contributed by atoms with van der Waals surface area (Å²) in [4.78, 5) is 4.04. The Hall–Kier alpha value is -2.54. The van der Waals surface area contributed by atoms with Crippen molar-refractivity contribution < 1.29 is 0 Å². The van der Waals surface area contributed by atoms with E-state index in [1.165, 1.54) is 66.3 Å². The van der Waals surface area contributed by atoms with Crippen molar-refractivity contribution in [2.45, 2.75) is 58.3 Å². The summed E-state index contributed by atoms with van der Waals surface area (Å²) in [6.07, 6.45) is 9.85. The number of benzene rings is 3. The largest absolute Gasteiger partial charge is 0.195 e. The Balaban J connectivity index is 1.74. The summed E-state index contributed by atoms with van der Waals surface area (Å²) in [5, 5.41) is 2.43. The lowest BCUT2D eigenvalue weighted by Gasteiger charge is -2.13. The molecule has 0 heterocycles. The summed E-state index contributed by atoms with van der Waals surface area (Å²) >= 11 is 4.69. The van der Waals surface area contributed by atoms with E-state index in [0.29, 0.717) is 0 Å². The molecule has 0 atom stereocenters. The Bertz CT molecular complexity index is 954. The first-order chi connectivity index (χ1) is 14.8. The van der Waals surface area contributed by atoms with Crippen molar-refractivity contribution in [3.8, 4) is 11.1 Å². The maximum absolute atomic E-state index is 4.69. The second-order valence-corrected chi connectivity index (χ2v) is 8.07. The molecule has 3 rings (SSSR count). The molecule has 0 radical (unpaired) electrons. The fourth-order valence-electron chi connectivity index (χ4n) is 3.91. The molecule has 0 fully saturated rings. The lowest BCUT2D eigenvalue weighted by atomic mass is 9.92. The average Bonchev–Trinajstić information content (AvgIpc) is 2.79. The van der Waals surface area contributed by atoms with Crippen molar-refractivity contribution in [3.05, 3.63) is 89.5 Å². The fraction of sp³-hybridized carbons (Fsp3) is 0.321.